The summed E-state index contributed by atoms with van der Waals surface area (Å²) in [6.45, 7) is 0.999. The van der Waals surface area contributed by atoms with Crippen LogP contribution in [0.4, 0.5) is 4.79 Å². The van der Waals surface area contributed by atoms with Gasteiger partial charge in [0.1, 0.15) is 0 Å². The molecule has 2 N–H and O–H groups in total. The van der Waals surface area contributed by atoms with E-state index >= 15 is 0 Å². The van der Waals surface area contributed by atoms with Crippen molar-refractivity contribution in [3.05, 3.63) is 71.4 Å². The molecule has 1 heterocycles. The van der Waals surface area contributed by atoms with E-state index in [-0.39, 0.29) is 0 Å². The molecule has 3 aromatic rings. The van der Waals surface area contributed by atoms with Crippen LogP contribution in [-0.2, 0) is 13.1 Å². The summed E-state index contributed by atoms with van der Waals surface area (Å²) in [7, 11) is 0. The van der Waals surface area contributed by atoms with Crippen LogP contribution in [0.25, 0.3) is 10.9 Å². The molecule has 114 valence electrons. The second-order valence-electron chi connectivity index (χ2n) is 5.30. The van der Waals surface area contributed by atoms with E-state index in [4.69, 9.17) is 10.4 Å². The normalized spacial score (nSPS) is 10.4. The van der Waals surface area contributed by atoms with Crippen molar-refractivity contribution in [3.63, 3.8) is 0 Å². The predicted octanol–water partition coefficient (Wildman–Crippen LogP) is 3.33. The molecule has 23 heavy (non-hydrogen) atoms. The van der Waals surface area contributed by atoms with E-state index in [1.807, 2.05) is 54.7 Å². The highest BCUT2D eigenvalue weighted by molar-refractivity contribution is 5.81. The topological polar surface area (TPSA) is 78.0 Å². The smallest absolute Gasteiger partial charge is 0.404 e. The van der Waals surface area contributed by atoms with Gasteiger partial charge in [0.2, 0.25) is 0 Å². The van der Waals surface area contributed by atoms with Crippen LogP contribution in [0.15, 0.2) is 54.7 Å². The maximum absolute atomic E-state index is 10.5. The molecule has 0 radical (unpaired) electrons. The zero-order chi connectivity index (χ0) is 16.2. The van der Waals surface area contributed by atoms with Gasteiger partial charge in [0, 0.05) is 24.8 Å². The fraction of sp³-hybridized carbons (Fsp3) is 0.111. The van der Waals surface area contributed by atoms with Gasteiger partial charge in [-0.2, -0.15) is 5.26 Å². The fourth-order valence-electron chi connectivity index (χ4n) is 2.53. The van der Waals surface area contributed by atoms with Crippen LogP contribution in [-0.4, -0.2) is 15.8 Å². The summed E-state index contributed by atoms with van der Waals surface area (Å²) in [5.41, 5.74) is 3.71. The standard InChI is InChI=1S/C18H15N3O2/c19-10-15-5-6-16-7-8-21(17(16)9-15)12-14-3-1-13(2-4-14)11-20-18(22)23/h1-9,20H,11-12H2,(H,22,23). The van der Waals surface area contributed by atoms with Gasteiger partial charge in [0.15, 0.2) is 0 Å². The lowest BCUT2D eigenvalue weighted by Crippen LogP contribution is -2.19. The third kappa shape index (κ3) is 3.33. The molecule has 0 aliphatic rings. The van der Waals surface area contributed by atoms with Gasteiger partial charge in [-0.15, -0.1) is 0 Å². The summed E-state index contributed by atoms with van der Waals surface area (Å²) in [6, 6.07) is 17.6. The maximum atomic E-state index is 10.5. The SMILES string of the molecule is N#Cc1ccc2ccn(Cc3ccc(CNC(=O)O)cc3)c2c1. The minimum atomic E-state index is -1.03. The van der Waals surface area contributed by atoms with Crippen LogP contribution in [0, 0.1) is 11.3 Å². The molecule has 3 rings (SSSR count). The number of amides is 1. The summed E-state index contributed by atoms with van der Waals surface area (Å²) in [4.78, 5) is 10.5. The largest absolute Gasteiger partial charge is 0.465 e. The Labute approximate surface area is 133 Å². The van der Waals surface area contributed by atoms with E-state index in [0.29, 0.717) is 18.7 Å². The predicted molar refractivity (Wildman–Crippen MR) is 87.1 cm³/mol. The van der Waals surface area contributed by atoms with Gasteiger partial charge < -0.3 is 15.0 Å². The zero-order valence-corrected chi connectivity index (χ0v) is 12.4. The first-order valence-corrected chi connectivity index (χ1v) is 7.19. The molecule has 1 amide bonds. The van der Waals surface area contributed by atoms with Gasteiger partial charge in [0.05, 0.1) is 11.6 Å². The number of nitrogens with one attached hydrogen (secondary N) is 1. The number of nitriles is 1. The fourth-order valence-corrected chi connectivity index (χ4v) is 2.53. The van der Waals surface area contributed by atoms with Crippen LogP contribution in [0.2, 0.25) is 0 Å². The van der Waals surface area contributed by atoms with Crippen molar-refractivity contribution in [1.82, 2.24) is 9.88 Å². The van der Waals surface area contributed by atoms with Crippen molar-refractivity contribution in [1.29, 1.82) is 5.26 Å². The van der Waals surface area contributed by atoms with Gasteiger partial charge >= 0.3 is 6.09 Å². The lowest BCUT2D eigenvalue weighted by Gasteiger charge is -2.07. The Morgan fingerprint density at radius 3 is 2.57 bits per heavy atom. The molecular weight excluding hydrogens is 290 g/mol. The van der Waals surface area contributed by atoms with Crippen LogP contribution in [0.5, 0.6) is 0 Å². The molecule has 1 aromatic heterocycles. The Bertz CT molecular complexity index is 889. The third-order valence-electron chi connectivity index (χ3n) is 3.72. The number of hydrogen-bond donors (Lipinski definition) is 2. The number of nitrogens with zero attached hydrogens (tertiary/aromatic N) is 2. The van der Waals surface area contributed by atoms with E-state index in [9.17, 15) is 4.79 Å². The molecule has 0 aliphatic carbocycles. The first kappa shape index (κ1) is 14.7. The van der Waals surface area contributed by atoms with Crippen LogP contribution >= 0.6 is 0 Å². The molecule has 0 saturated heterocycles. The Balaban J connectivity index is 1.79. The molecule has 2 aromatic carbocycles. The van der Waals surface area contributed by atoms with Crippen molar-refractivity contribution >= 4 is 17.0 Å². The number of carboxylic acid groups (broad SMARTS) is 1. The zero-order valence-electron chi connectivity index (χ0n) is 12.4. The number of fused-ring (bicyclic) bond motifs is 1. The second-order valence-corrected chi connectivity index (χ2v) is 5.30. The van der Waals surface area contributed by atoms with Crippen molar-refractivity contribution in [2.45, 2.75) is 13.1 Å². The monoisotopic (exact) mass is 305 g/mol. The van der Waals surface area contributed by atoms with E-state index < -0.39 is 6.09 Å². The molecule has 0 atom stereocenters. The molecule has 0 saturated carbocycles. The molecule has 0 aliphatic heterocycles. The van der Waals surface area contributed by atoms with Gasteiger partial charge in [-0.25, -0.2) is 4.79 Å². The van der Waals surface area contributed by atoms with E-state index in [1.54, 1.807) is 0 Å². The van der Waals surface area contributed by atoms with Crippen molar-refractivity contribution in [2.75, 3.05) is 0 Å². The second kappa shape index (κ2) is 6.24. The first-order chi connectivity index (χ1) is 11.2. The lowest BCUT2D eigenvalue weighted by atomic mass is 10.1. The average Bonchev–Trinajstić information content (AvgIpc) is 2.96. The van der Waals surface area contributed by atoms with Crippen molar-refractivity contribution in [3.8, 4) is 6.07 Å². The molecular formula is C18H15N3O2. The van der Waals surface area contributed by atoms with Gasteiger partial charge in [-0.1, -0.05) is 30.3 Å². The summed E-state index contributed by atoms with van der Waals surface area (Å²) >= 11 is 0. The van der Waals surface area contributed by atoms with E-state index in [2.05, 4.69) is 16.0 Å². The number of carbonyl (C=O) groups is 1. The Hall–Kier alpha value is -3.26. The summed E-state index contributed by atoms with van der Waals surface area (Å²) < 4.78 is 2.10. The van der Waals surface area contributed by atoms with Crippen molar-refractivity contribution in [2.24, 2.45) is 0 Å². The Morgan fingerprint density at radius 1 is 1.13 bits per heavy atom. The first-order valence-electron chi connectivity index (χ1n) is 7.19. The number of benzene rings is 2. The van der Waals surface area contributed by atoms with Crippen LogP contribution in [0.1, 0.15) is 16.7 Å². The van der Waals surface area contributed by atoms with Crippen LogP contribution < -0.4 is 5.32 Å². The highest BCUT2D eigenvalue weighted by Crippen LogP contribution is 2.19. The molecule has 0 unspecified atom stereocenters. The molecule has 0 bridgehead atoms. The quantitative estimate of drug-likeness (QED) is 0.776. The number of rotatable bonds is 4. The van der Waals surface area contributed by atoms with Gasteiger partial charge in [-0.3, -0.25) is 0 Å². The average molecular weight is 305 g/mol. The van der Waals surface area contributed by atoms with Crippen LogP contribution in [0.3, 0.4) is 0 Å². The molecule has 5 heteroatoms. The Kier molecular flexibility index (Phi) is 3.98. The summed E-state index contributed by atoms with van der Waals surface area (Å²) in [5, 5.41) is 21.1. The maximum Gasteiger partial charge on any atom is 0.404 e. The van der Waals surface area contributed by atoms with Gasteiger partial charge in [-0.05, 0) is 34.7 Å². The number of aromatic nitrogens is 1. The highest BCUT2D eigenvalue weighted by atomic mass is 16.4. The summed E-state index contributed by atoms with van der Waals surface area (Å²) in [6.07, 6.45) is 0.979. The van der Waals surface area contributed by atoms with Crippen molar-refractivity contribution < 1.29 is 9.90 Å². The minimum absolute atomic E-state index is 0.299. The van der Waals surface area contributed by atoms with E-state index in [0.717, 1.165) is 22.0 Å². The summed E-state index contributed by atoms with van der Waals surface area (Å²) in [5.74, 6) is 0. The molecule has 5 nitrogen and oxygen atoms in total. The Morgan fingerprint density at radius 2 is 1.87 bits per heavy atom. The van der Waals surface area contributed by atoms with Gasteiger partial charge in [0.25, 0.3) is 0 Å². The molecule has 0 fully saturated rings. The third-order valence-corrected chi connectivity index (χ3v) is 3.72. The minimum Gasteiger partial charge on any atom is -0.465 e. The highest BCUT2D eigenvalue weighted by Gasteiger charge is 2.04. The molecule has 0 spiro atoms. The lowest BCUT2D eigenvalue weighted by molar-refractivity contribution is 0.194. The van der Waals surface area contributed by atoms with E-state index in [1.165, 1.54) is 0 Å². The number of hydrogen-bond acceptors (Lipinski definition) is 2.